The number of benzene rings is 2. The highest BCUT2D eigenvalue weighted by atomic mass is 32.2. The summed E-state index contributed by atoms with van der Waals surface area (Å²) in [4.78, 5) is 0. The summed E-state index contributed by atoms with van der Waals surface area (Å²) in [5.41, 5.74) is 5.64. The van der Waals surface area contributed by atoms with E-state index in [4.69, 9.17) is 10.5 Å². The molecule has 0 radical (unpaired) electrons. The molecule has 0 aliphatic carbocycles. The van der Waals surface area contributed by atoms with Crippen LogP contribution in [0.2, 0.25) is 0 Å². The van der Waals surface area contributed by atoms with Crippen molar-refractivity contribution in [1.29, 1.82) is 0 Å². The van der Waals surface area contributed by atoms with Crippen molar-refractivity contribution in [1.82, 2.24) is 14.8 Å². The maximum absolute atomic E-state index is 5.88. The zero-order chi connectivity index (χ0) is 14.7. The molecule has 0 aliphatic rings. The van der Waals surface area contributed by atoms with Crippen LogP contribution in [0.4, 0.5) is 5.95 Å². The van der Waals surface area contributed by atoms with E-state index in [0.717, 1.165) is 22.0 Å². The minimum absolute atomic E-state index is 0.424. The predicted octanol–water partition coefficient (Wildman–Crippen LogP) is 2.72. The second-order valence-corrected chi connectivity index (χ2v) is 5.64. The standard InChI is InChI=1S/C15H16N4OS/c1-19-14(16)17-18-15(19)21-10-9-20-13-8-4-6-11-5-2-3-7-12(11)13/h2-8H,9-10H2,1H3,(H2,16,17). The first kappa shape index (κ1) is 13.8. The molecule has 3 aromatic rings. The van der Waals surface area contributed by atoms with Crippen LogP contribution in [0.1, 0.15) is 0 Å². The monoisotopic (exact) mass is 300 g/mol. The lowest BCUT2D eigenvalue weighted by molar-refractivity contribution is 0.348. The molecule has 1 aromatic heterocycles. The summed E-state index contributed by atoms with van der Waals surface area (Å²) >= 11 is 1.58. The van der Waals surface area contributed by atoms with Crippen LogP contribution in [-0.2, 0) is 7.05 Å². The summed E-state index contributed by atoms with van der Waals surface area (Å²) in [5, 5.41) is 10.9. The Balaban J connectivity index is 1.61. The van der Waals surface area contributed by atoms with Gasteiger partial charge < -0.3 is 10.5 Å². The van der Waals surface area contributed by atoms with Gasteiger partial charge in [-0.2, -0.15) is 0 Å². The second-order valence-electron chi connectivity index (χ2n) is 4.57. The third-order valence-electron chi connectivity index (χ3n) is 3.19. The smallest absolute Gasteiger partial charge is 0.222 e. The molecular formula is C15H16N4OS. The van der Waals surface area contributed by atoms with Gasteiger partial charge >= 0.3 is 0 Å². The van der Waals surface area contributed by atoms with Gasteiger partial charge in [-0.15, -0.1) is 10.2 Å². The lowest BCUT2D eigenvalue weighted by atomic mass is 10.1. The van der Waals surface area contributed by atoms with E-state index in [1.807, 2.05) is 31.3 Å². The summed E-state index contributed by atoms with van der Waals surface area (Å²) in [7, 11) is 1.85. The van der Waals surface area contributed by atoms with Crippen LogP contribution in [0.5, 0.6) is 5.75 Å². The molecule has 5 nitrogen and oxygen atoms in total. The number of nitrogens with two attached hydrogens (primary N) is 1. The fourth-order valence-electron chi connectivity index (χ4n) is 2.06. The van der Waals surface area contributed by atoms with E-state index in [2.05, 4.69) is 28.4 Å². The number of thioether (sulfide) groups is 1. The summed E-state index contributed by atoms with van der Waals surface area (Å²) < 4.78 is 7.64. The molecule has 0 amide bonds. The van der Waals surface area contributed by atoms with Crippen molar-refractivity contribution < 1.29 is 4.74 Å². The Bertz CT molecular complexity index is 751. The molecule has 1 heterocycles. The molecule has 2 aromatic carbocycles. The van der Waals surface area contributed by atoms with Crippen molar-refractivity contribution in [3.05, 3.63) is 42.5 Å². The lowest BCUT2D eigenvalue weighted by Crippen LogP contribution is -2.03. The summed E-state index contributed by atoms with van der Waals surface area (Å²) in [6.07, 6.45) is 0. The van der Waals surface area contributed by atoms with E-state index in [1.54, 1.807) is 16.3 Å². The van der Waals surface area contributed by atoms with Crippen molar-refractivity contribution in [2.45, 2.75) is 5.16 Å². The van der Waals surface area contributed by atoms with E-state index in [9.17, 15) is 0 Å². The number of fused-ring (bicyclic) bond motifs is 1. The van der Waals surface area contributed by atoms with Gasteiger partial charge in [0.25, 0.3) is 0 Å². The molecule has 3 rings (SSSR count). The molecule has 0 bridgehead atoms. The zero-order valence-electron chi connectivity index (χ0n) is 11.7. The SMILES string of the molecule is Cn1c(N)nnc1SCCOc1cccc2ccccc12. The van der Waals surface area contributed by atoms with Gasteiger partial charge in [0.1, 0.15) is 5.75 Å². The third kappa shape index (κ3) is 2.95. The first-order valence-corrected chi connectivity index (χ1v) is 7.62. The Morgan fingerprint density at radius 3 is 2.76 bits per heavy atom. The quantitative estimate of drug-likeness (QED) is 0.580. The van der Waals surface area contributed by atoms with Crippen molar-refractivity contribution in [3.63, 3.8) is 0 Å². The summed E-state index contributed by atoms with van der Waals surface area (Å²) in [5.74, 6) is 2.12. The van der Waals surface area contributed by atoms with Crippen LogP contribution in [0.25, 0.3) is 10.8 Å². The van der Waals surface area contributed by atoms with Crippen LogP contribution in [-0.4, -0.2) is 27.1 Å². The van der Waals surface area contributed by atoms with Crippen molar-refractivity contribution in [2.24, 2.45) is 7.05 Å². The van der Waals surface area contributed by atoms with E-state index >= 15 is 0 Å². The summed E-state index contributed by atoms with van der Waals surface area (Å²) in [6, 6.07) is 14.3. The number of hydrogen-bond acceptors (Lipinski definition) is 5. The van der Waals surface area contributed by atoms with Gasteiger partial charge in [0.15, 0.2) is 5.16 Å². The molecule has 0 saturated heterocycles. The topological polar surface area (TPSA) is 66.0 Å². The molecule has 0 aliphatic heterocycles. The van der Waals surface area contributed by atoms with Crippen molar-refractivity contribution in [2.75, 3.05) is 18.1 Å². The number of aromatic nitrogens is 3. The largest absolute Gasteiger partial charge is 0.492 e. The number of nitrogens with zero attached hydrogens (tertiary/aromatic N) is 3. The average molecular weight is 300 g/mol. The number of rotatable bonds is 5. The molecule has 0 unspecified atom stereocenters. The number of nitrogen functional groups attached to an aromatic ring is 1. The average Bonchev–Trinajstić information content (AvgIpc) is 2.83. The van der Waals surface area contributed by atoms with Gasteiger partial charge in [-0.1, -0.05) is 48.2 Å². The summed E-state index contributed by atoms with van der Waals surface area (Å²) in [6.45, 7) is 0.603. The second kappa shape index (κ2) is 6.05. The number of hydrogen-bond donors (Lipinski definition) is 1. The Morgan fingerprint density at radius 1 is 1.14 bits per heavy atom. The minimum Gasteiger partial charge on any atom is -0.492 e. The number of ether oxygens (including phenoxy) is 1. The molecule has 21 heavy (non-hydrogen) atoms. The minimum atomic E-state index is 0.424. The van der Waals surface area contributed by atoms with Crippen molar-refractivity contribution >= 4 is 28.5 Å². The molecular weight excluding hydrogens is 284 g/mol. The molecule has 0 spiro atoms. The Kier molecular flexibility index (Phi) is 3.96. The van der Waals surface area contributed by atoms with Crippen LogP contribution in [0, 0.1) is 0 Å². The third-order valence-corrected chi connectivity index (χ3v) is 4.17. The lowest BCUT2D eigenvalue weighted by Gasteiger charge is -2.09. The fourth-order valence-corrected chi connectivity index (χ4v) is 2.79. The first-order chi connectivity index (χ1) is 10.3. The van der Waals surface area contributed by atoms with Gasteiger partial charge in [0.05, 0.1) is 6.61 Å². The molecule has 108 valence electrons. The normalized spacial score (nSPS) is 10.9. The van der Waals surface area contributed by atoms with Gasteiger partial charge in [-0.3, -0.25) is 4.57 Å². The van der Waals surface area contributed by atoms with Crippen LogP contribution in [0.15, 0.2) is 47.6 Å². The Hall–Kier alpha value is -2.21. The highest BCUT2D eigenvalue weighted by Crippen LogP contribution is 2.25. The van der Waals surface area contributed by atoms with Gasteiger partial charge in [-0.25, -0.2) is 0 Å². The van der Waals surface area contributed by atoms with Gasteiger partial charge in [0, 0.05) is 18.2 Å². The van der Waals surface area contributed by atoms with Crippen LogP contribution < -0.4 is 10.5 Å². The Labute approximate surface area is 127 Å². The molecule has 2 N–H and O–H groups in total. The van der Waals surface area contributed by atoms with Gasteiger partial charge in [-0.05, 0) is 11.5 Å². The van der Waals surface area contributed by atoms with E-state index in [1.165, 1.54) is 5.39 Å². The molecule has 0 saturated carbocycles. The molecule has 0 atom stereocenters. The maximum Gasteiger partial charge on any atom is 0.222 e. The van der Waals surface area contributed by atoms with E-state index < -0.39 is 0 Å². The molecule has 6 heteroatoms. The highest BCUT2D eigenvalue weighted by molar-refractivity contribution is 7.99. The molecule has 0 fully saturated rings. The van der Waals surface area contributed by atoms with Crippen molar-refractivity contribution in [3.8, 4) is 5.75 Å². The predicted molar refractivity (Wildman–Crippen MR) is 85.6 cm³/mol. The first-order valence-electron chi connectivity index (χ1n) is 6.64. The van der Waals surface area contributed by atoms with E-state index in [-0.39, 0.29) is 0 Å². The van der Waals surface area contributed by atoms with E-state index in [0.29, 0.717) is 12.6 Å². The number of anilines is 1. The fraction of sp³-hybridized carbons (Fsp3) is 0.200. The van der Waals surface area contributed by atoms with Crippen LogP contribution >= 0.6 is 11.8 Å². The van der Waals surface area contributed by atoms with Gasteiger partial charge in [0.2, 0.25) is 5.95 Å². The van der Waals surface area contributed by atoms with Crippen LogP contribution in [0.3, 0.4) is 0 Å². The maximum atomic E-state index is 5.88. The Morgan fingerprint density at radius 2 is 1.95 bits per heavy atom. The highest BCUT2D eigenvalue weighted by Gasteiger charge is 2.06. The zero-order valence-corrected chi connectivity index (χ0v) is 12.5.